The fraction of sp³-hybridized carbons (Fsp3) is 0.267. The third kappa shape index (κ3) is 4.36. The maximum Gasteiger partial charge on any atom is 0.308 e. The Morgan fingerprint density at radius 1 is 1.32 bits per heavy atom. The van der Waals surface area contributed by atoms with Gasteiger partial charge < -0.3 is 4.74 Å². The van der Waals surface area contributed by atoms with Crippen molar-refractivity contribution in [1.82, 2.24) is 4.98 Å². The standard InChI is InChI=1S/C15H15FN2O3S/c1-9(2)14(20)21-7-13(19)18-15-17-12(8-22-15)10-3-5-11(16)6-4-10/h3-6,8-9H,7H2,1-2H3,(H,17,18,19). The van der Waals surface area contributed by atoms with E-state index < -0.39 is 11.9 Å². The molecule has 2 aromatic rings. The summed E-state index contributed by atoms with van der Waals surface area (Å²) in [5, 5.41) is 4.70. The van der Waals surface area contributed by atoms with Gasteiger partial charge in [-0.05, 0) is 24.3 Å². The van der Waals surface area contributed by atoms with Crippen LogP contribution in [-0.2, 0) is 14.3 Å². The number of aromatic nitrogens is 1. The zero-order valence-corrected chi connectivity index (χ0v) is 12.9. The van der Waals surface area contributed by atoms with Crippen molar-refractivity contribution in [2.45, 2.75) is 13.8 Å². The van der Waals surface area contributed by atoms with Crippen molar-refractivity contribution < 1.29 is 18.7 Å². The van der Waals surface area contributed by atoms with Gasteiger partial charge in [-0.2, -0.15) is 0 Å². The van der Waals surface area contributed by atoms with Crippen LogP contribution in [0.1, 0.15) is 13.8 Å². The Labute approximate surface area is 131 Å². The Bertz CT molecular complexity index is 668. The minimum Gasteiger partial charge on any atom is -0.455 e. The topological polar surface area (TPSA) is 68.3 Å². The van der Waals surface area contributed by atoms with Gasteiger partial charge in [0.1, 0.15) is 5.82 Å². The van der Waals surface area contributed by atoms with Gasteiger partial charge in [0.2, 0.25) is 0 Å². The number of halogens is 1. The molecule has 7 heteroatoms. The lowest BCUT2D eigenvalue weighted by Crippen LogP contribution is -2.22. The van der Waals surface area contributed by atoms with Gasteiger partial charge >= 0.3 is 5.97 Å². The number of carbonyl (C=O) groups excluding carboxylic acids is 2. The average Bonchev–Trinajstić information content (AvgIpc) is 2.93. The Morgan fingerprint density at radius 2 is 2.00 bits per heavy atom. The van der Waals surface area contributed by atoms with Gasteiger partial charge in [0.15, 0.2) is 11.7 Å². The molecule has 0 atom stereocenters. The molecule has 0 saturated carbocycles. The zero-order valence-electron chi connectivity index (χ0n) is 12.1. The van der Waals surface area contributed by atoms with Gasteiger partial charge in [-0.15, -0.1) is 11.3 Å². The van der Waals surface area contributed by atoms with E-state index in [0.717, 1.165) is 5.56 Å². The van der Waals surface area contributed by atoms with E-state index in [4.69, 9.17) is 4.74 Å². The van der Waals surface area contributed by atoms with E-state index in [2.05, 4.69) is 10.3 Å². The molecule has 0 unspecified atom stereocenters. The largest absolute Gasteiger partial charge is 0.455 e. The molecule has 22 heavy (non-hydrogen) atoms. The van der Waals surface area contributed by atoms with Crippen LogP contribution in [0.2, 0.25) is 0 Å². The predicted octanol–water partition coefficient (Wildman–Crippen LogP) is 3.09. The molecule has 1 aromatic carbocycles. The molecular weight excluding hydrogens is 307 g/mol. The Kier molecular flexibility index (Phi) is 5.21. The molecule has 0 aliphatic heterocycles. The number of ether oxygens (including phenoxy) is 1. The number of nitrogens with one attached hydrogen (secondary N) is 1. The van der Waals surface area contributed by atoms with E-state index in [9.17, 15) is 14.0 Å². The van der Waals surface area contributed by atoms with E-state index in [1.54, 1.807) is 31.4 Å². The van der Waals surface area contributed by atoms with E-state index >= 15 is 0 Å². The van der Waals surface area contributed by atoms with Crippen LogP contribution in [0.15, 0.2) is 29.6 Å². The van der Waals surface area contributed by atoms with Crippen LogP contribution in [-0.4, -0.2) is 23.5 Å². The van der Waals surface area contributed by atoms with Crippen molar-refractivity contribution in [1.29, 1.82) is 0 Å². The third-order valence-electron chi connectivity index (χ3n) is 2.71. The predicted molar refractivity (Wildman–Crippen MR) is 81.9 cm³/mol. The molecule has 0 aliphatic carbocycles. The summed E-state index contributed by atoms with van der Waals surface area (Å²) in [6, 6.07) is 5.91. The monoisotopic (exact) mass is 322 g/mol. The van der Waals surface area contributed by atoms with Crippen LogP contribution in [0.25, 0.3) is 11.3 Å². The van der Waals surface area contributed by atoms with E-state index in [1.165, 1.54) is 23.5 Å². The van der Waals surface area contributed by atoms with Gasteiger partial charge in [-0.3, -0.25) is 14.9 Å². The zero-order chi connectivity index (χ0) is 16.1. The lowest BCUT2D eigenvalue weighted by Gasteiger charge is -2.06. The maximum atomic E-state index is 12.9. The molecule has 1 aromatic heterocycles. The van der Waals surface area contributed by atoms with Crippen LogP contribution in [0.4, 0.5) is 9.52 Å². The summed E-state index contributed by atoms with van der Waals surface area (Å²) < 4.78 is 17.7. The molecule has 0 fully saturated rings. The highest BCUT2D eigenvalue weighted by Crippen LogP contribution is 2.24. The van der Waals surface area contributed by atoms with Crippen LogP contribution < -0.4 is 5.32 Å². The lowest BCUT2D eigenvalue weighted by atomic mass is 10.2. The number of carbonyl (C=O) groups is 2. The molecule has 1 heterocycles. The second-order valence-electron chi connectivity index (χ2n) is 4.86. The summed E-state index contributed by atoms with van der Waals surface area (Å²) in [5.74, 6) is -1.48. The molecule has 1 N–H and O–H groups in total. The quantitative estimate of drug-likeness (QED) is 0.859. The summed E-state index contributed by atoms with van der Waals surface area (Å²) in [5.41, 5.74) is 1.39. The summed E-state index contributed by atoms with van der Waals surface area (Å²) in [7, 11) is 0. The molecule has 0 saturated heterocycles. The molecule has 0 aliphatic rings. The average molecular weight is 322 g/mol. The Balaban J connectivity index is 1.93. The number of hydrogen-bond acceptors (Lipinski definition) is 5. The van der Waals surface area contributed by atoms with E-state index in [1.807, 2.05) is 0 Å². The van der Waals surface area contributed by atoms with Gasteiger partial charge in [0, 0.05) is 10.9 Å². The van der Waals surface area contributed by atoms with Crippen LogP contribution in [0.3, 0.4) is 0 Å². The first-order valence-corrected chi connectivity index (χ1v) is 7.51. The summed E-state index contributed by atoms with van der Waals surface area (Å²) in [4.78, 5) is 27.2. The molecule has 116 valence electrons. The van der Waals surface area contributed by atoms with E-state index in [-0.39, 0.29) is 18.3 Å². The van der Waals surface area contributed by atoms with Crippen molar-refractivity contribution in [3.8, 4) is 11.3 Å². The van der Waals surface area contributed by atoms with Crippen LogP contribution in [0, 0.1) is 11.7 Å². The summed E-state index contributed by atoms with van der Waals surface area (Å²) >= 11 is 1.24. The molecular formula is C15H15FN2O3S. The number of amides is 1. The highest BCUT2D eigenvalue weighted by atomic mass is 32.1. The number of thiazole rings is 1. The molecule has 5 nitrogen and oxygen atoms in total. The highest BCUT2D eigenvalue weighted by Gasteiger charge is 2.12. The minimum absolute atomic E-state index is 0.280. The Hall–Kier alpha value is -2.28. The van der Waals surface area contributed by atoms with Crippen molar-refractivity contribution in [2.75, 3.05) is 11.9 Å². The van der Waals surface area contributed by atoms with Crippen LogP contribution in [0.5, 0.6) is 0 Å². The highest BCUT2D eigenvalue weighted by molar-refractivity contribution is 7.14. The number of anilines is 1. The van der Waals surface area contributed by atoms with Crippen molar-refractivity contribution in [3.63, 3.8) is 0 Å². The molecule has 0 spiro atoms. The molecule has 2 rings (SSSR count). The first-order valence-electron chi connectivity index (χ1n) is 6.63. The number of benzene rings is 1. The number of esters is 1. The van der Waals surface area contributed by atoms with Gasteiger partial charge in [-0.1, -0.05) is 13.8 Å². The van der Waals surface area contributed by atoms with Gasteiger partial charge in [-0.25, -0.2) is 9.37 Å². The maximum absolute atomic E-state index is 12.9. The van der Waals surface area contributed by atoms with Crippen molar-refractivity contribution in [2.24, 2.45) is 5.92 Å². The molecule has 0 radical (unpaired) electrons. The SMILES string of the molecule is CC(C)C(=O)OCC(=O)Nc1nc(-c2ccc(F)cc2)cs1. The van der Waals surface area contributed by atoms with Crippen molar-refractivity contribution >= 4 is 28.3 Å². The molecule has 0 bridgehead atoms. The third-order valence-corrected chi connectivity index (χ3v) is 3.47. The summed E-state index contributed by atoms with van der Waals surface area (Å²) in [6.45, 7) is 3.04. The number of nitrogens with zero attached hydrogens (tertiary/aromatic N) is 1. The second kappa shape index (κ2) is 7.13. The van der Waals surface area contributed by atoms with Crippen LogP contribution >= 0.6 is 11.3 Å². The summed E-state index contributed by atoms with van der Waals surface area (Å²) in [6.07, 6.45) is 0. The number of hydrogen-bond donors (Lipinski definition) is 1. The second-order valence-corrected chi connectivity index (χ2v) is 5.71. The Morgan fingerprint density at radius 3 is 2.64 bits per heavy atom. The van der Waals surface area contributed by atoms with Gasteiger partial charge in [0.05, 0.1) is 11.6 Å². The number of rotatable bonds is 5. The van der Waals surface area contributed by atoms with E-state index in [0.29, 0.717) is 10.8 Å². The first-order chi connectivity index (χ1) is 10.5. The normalized spacial score (nSPS) is 10.5. The smallest absolute Gasteiger partial charge is 0.308 e. The van der Waals surface area contributed by atoms with Crippen molar-refractivity contribution in [3.05, 3.63) is 35.5 Å². The fourth-order valence-electron chi connectivity index (χ4n) is 1.54. The van der Waals surface area contributed by atoms with Gasteiger partial charge in [0.25, 0.3) is 5.91 Å². The fourth-order valence-corrected chi connectivity index (χ4v) is 2.28. The lowest BCUT2D eigenvalue weighted by molar-refractivity contribution is -0.150. The first kappa shape index (κ1) is 16.1. The minimum atomic E-state index is -0.450. The molecule has 1 amide bonds.